The Morgan fingerprint density at radius 3 is 1.97 bits per heavy atom. The van der Waals surface area contributed by atoms with Crippen molar-refractivity contribution in [1.29, 1.82) is 0 Å². The molecule has 6 nitrogen and oxygen atoms in total. The van der Waals surface area contributed by atoms with Gasteiger partial charge in [0.05, 0.1) is 14.2 Å². The molecular formula is C24H28O6. The summed E-state index contributed by atoms with van der Waals surface area (Å²) in [4.78, 5) is 23.0. The molecule has 1 aliphatic carbocycles. The summed E-state index contributed by atoms with van der Waals surface area (Å²) < 4.78 is 21.6. The zero-order chi connectivity index (χ0) is 22.0. The van der Waals surface area contributed by atoms with E-state index in [4.69, 9.17) is 18.9 Å². The molecule has 0 radical (unpaired) electrons. The lowest BCUT2D eigenvalue weighted by molar-refractivity contribution is -0.132. The van der Waals surface area contributed by atoms with E-state index >= 15 is 0 Å². The highest BCUT2D eigenvalue weighted by molar-refractivity contribution is 5.72. The molecule has 1 aliphatic rings. The molecule has 30 heavy (non-hydrogen) atoms. The number of ether oxygens (including phenoxy) is 4. The first-order chi connectivity index (χ1) is 14.3. The minimum atomic E-state index is -0.398. The highest BCUT2D eigenvalue weighted by atomic mass is 16.6. The van der Waals surface area contributed by atoms with Crippen LogP contribution in [-0.2, 0) is 9.59 Å². The number of rotatable bonds is 6. The molecule has 0 saturated heterocycles. The van der Waals surface area contributed by atoms with E-state index in [0.29, 0.717) is 34.8 Å². The molecule has 2 aromatic carbocycles. The van der Waals surface area contributed by atoms with Crippen LogP contribution in [0.4, 0.5) is 0 Å². The summed E-state index contributed by atoms with van der Waals surface area (Å²) in [6.07, 6.45) is 0.976. The van der Waals surface area contributed by atoms with E-state index in [2.05, 4.69) is 13.8 Å². The summed E-state index contributed by atoms with van der Waals surface area (Å²) in [6.45, 7) is 7.13. The number of esters is 2. The van der Waals surface area contributed by atoms with Crippen LogP contribution in [0.15, 0.2) is 30.3 Å². The van der Waals surface area contributed by atoms with Crippen molar-refractivity contribution in [2.75, 3.05) is 14.2 Å². The first-order valence-corrected chi connectivity index (χ1v) is 10.1. The zero-order valence-electron chi connectivity index (χ0n) is 18.3. The van der Waals surface area contributed by atoms with Gasteiger partial charge in [-0.1, -0.05) is 19.9 Å². The van der Waals surface area contributed by atoms with Gasteiger partial charge in [0.15, 0.2) is 23.0 Å². The van der Waals surface area contributed by atoms with E-state index in [-0.39, 0.29) is 5.92 Å². The Balaban J connectivity index is 2.13. The van der Waals surface area contributed by atoms with Gasteiger partial charge in [0.1, 0.15) is 0 Å². The summed E-state index contributed by atoms with van der Waals surface area (Å²) in [5.41, 5.74) is 3.35. The molecule has 3 atom stereocenters. The highest BCUT2D eigenvalue weighted by Gasteiger charge is 2.39. The number of methoxy groups -OCH3 is 2. The van der Waals surface area contributed by atoms with E-state index in [1.165, 1.54) is 19.4 Å². The number of fused-ring (bicyclic) bond motifs is 1. The van der Waals surface area contributed by atoms with Crippen LogP contribution in [-0.4, -0.2) is 26.2 Å². The van der Waals surface area contributed by atoms with Gasteiger partial charge in [-0.05, 0) is 59.2 Å². The molecule has 0 unspecified atom stereocenters. The Morgan fingerprint density at radius 1 is 0.833 bits per heavy atom. The van der Waals surface area contributed by atoms with Gasteiger partial charge in [-0.3, -0.25) is 9.59 Å². The quantitative estimate of drug-likeness (QED) is 0.500. The molecule has 3 rings (SSSR count). The van der Waals surface area contributed by atoms with Crippen molar-refractivity contribution in [2.24, 2.45) is 5.92 Å². The van der Waals surface area contributed by atoms with Crippen LogP contribution in [0.3, 0.4) is 0 Å². The van der Waals surface area contributed by atoms with Crippen molar-refractivity contribution in [3.63, 3.8) is 0 Å². The topological polar surface area (TPSA) is 71.1 Å². The third kappa shape index (κ3) is 3.99. The molecule has 160 valence electrons. The van der Waals surface area contributed by atoms with Crippen molar-refractivity contribution in [1.82, 2.24) is 0 Å². The summed E-state index contributed by atoms with van der Waals surface area (Å²) in [5, 5.41) is 0. The zero-order valence-corrected chi connectivity index (χ0v) is 18.3. The van der Waals surface area contributed by atoms with Gasteiger partial charge < -0.3 is 18.9 Å². The van der Waals surface area contributed by atoms with Crippen LogP contribution in [0, 0.1) is 5.92 Å². The SMILES string of the molecule is CC[C@H]1c2cc(OC)c(OC(C)=O)cc2[C@H](c2ccc(OC(C)=O)c(OC)c2)[C@@H]1C. The fourth-order valence-electron chi connectivity index (χ4n) is 4.57. The molecule has 2 aromatic rings. The second-order valence-electron chi connectivity index (χ2n) is 7.58. The summed E-state index contributed by atoms with van der Waals surface area (Å²) in [7, 11) is 3.13. The molecule has 0 bridgehead atoms. The van der Waals surface area contributed by atoms with Crippen LogP contribution in [0.25, 0.3) is 0 Å². The first kappa shape index (κ1) is 21.7. The molecular weight excluding hydrogens is 384 g/mol. The second kappa shape index (κ2) is 8.78. The first-order valence-electron chi connectivity index (χ1n) is 10.1. The van der Waals surface area contributed by atoms with Crippen molar-refractivity contribution < 1.29 is 28.5 Å². The summed E-state index contributed by atoms with van der Waals surface area (Å²) in [5.74, 6) is 1.80. The maximum Gasteiger partial charge on any atom is 0.308 e. The number of carbonyl (C=O) groups excluding carboxylic acids is 2. The van der Waals surface area contributed by atoms with Crippen LogP contribution < -0.4 is 18.9 Å². The Hall–Kier alpha value is -3.02. The van der Waals surface area contributed by atoms with Crippen LogP contribution in [0.1, 0.15) is 62.6 Å². The molecule has 0 amide bonds. The van der Waals surface area contributed by atoms with E-state index in [1.807, 2.05) is 24.3 Å². The van der Waals surface area contributed by atoms with E-state index < -0.39 is 11.9 Å². The van der Waals surface area contributed by atoms with E-state index in [1.54, 1.807) is 20.3 Å². The molecule has 6 heteroatoms. The fourth-order valence-corrected chi connectivity index (χ4v) is 4.57. The molecule has 0 fully saturated rings. The lowest BCUT2D eigenvalue weighted by Crippen LogP contribution is -2.10. The Morgan fingerprint density at radius 2 is 1.40 bits per heavy atom. The lowest BCUT2D eigenvalue weighted by atomic mass is 9.83. The molecule has 0 heterocycles. The van der Waals surface area contributed by atoms with Crippen LogP contribution in [0.5, 0.6) is 23.0 Å². The average molecular weight is 412 g/mol. The van der Waals surface area contributed by atoms with Gasteiger partial charge >= 0.3 is 11.9 Å². The summed E-state index contributed by atoms with van der Waals surface area (Å²) >= 11 is 0. The molecule has 0 spiro atoms. The predicted octanol–water partition coefficient (Wildman–Crippen LogP) is 4.83. The normalized spacial score (nSPS) is 19.7. The number of carbonyl (C=O) groups is 2. The minimum absolute atomic E-state index is 0.0745. The van der Waals surface area contributed by atoms with Gasteiger partial charge in [-0.25, -0.2) is 0 Å². The van der Waals surface area contributed by atoms with Gasteiger partial charge in [0.2, 0.25) is 0 Å². The van der Waals surface area contributed by atoms with Gasteiger partial charge in [0, 0.05) is 19.8 Å². The van der Waals surface area contributed by atoms with Crippen LogP contribution in [0.2, 0.25) is 0 Å². The number of hydrogen-bond donors (Lipinski definition) is 0. The summed E-state index contributed by atoms with van der Waals surface area (Å²) in [6, 6.07) is 9.54. The average Bonchev–Trinajstić information content (AvgIpc) is 2.97. The monoisotopic (exact) mass is 412 g/mol. The second-order valence-corrected chi connectivity index (χ2v) is 7.58. The molecule has 0 saturated carbocycles. The maximum atomic E-state index is 11.6. The number of benzene rings is 2. The lowest BCUT2D eigenvalue weighted by Gasteiger charge is -2.22. The maximum absolute atomic E-state index is 11.6. The standard InChI is InChI=1S/C24H28O6/c1-7-17-13(2)24(16-8-9-20(29-14(3)25)21(10-16)27-5)19-12-23(30-15(4)26)22(28-6)11-18(17)19/h8-13,17,24H,7H2,1-6H3/t13-,17-,24+/m1/s1. The Bertz CT molecular complexity index is 964. The van der Waals surface area contributed by atoms with Crippen molar-refractivity contribution in [2.45, 2.75) is 46.0 Å². The molecule has 0 N–H and O–H groups in total. The third-order valence-corrected chi connectivity index (χ3v) is 5.76. The predicted molar refractivity (Wildman–Crippen MR) is 113 cm³/mol. The number of hydrogen-bond acceptors (Lipinski definition) is 6. The van der Waals surface area contributed by atoms with Gasteiger partial charge in [-0.15, -0.1) is 0 Å². The van der Waals surface area contributed by atoms with E-state index in [0.717, 1.165) is 17.5 Å². The van der Waals surface area contributed by atoms with Crippen LogP contribution >= 0.6 is 0 Å². The molecule has 0 aliphatic heterocycles. The van der Waals surface area contributed by atoms with Gasteiger partial charge in [0.25, 0.3) is 0 Å². The largest absolute Gasteiger partial charge is 0.493 e. The minimum Gasteiger partial charge on any atom is -0.493 e. The van der Waals surface area contributed by atoms with E-state index in [9.17, 15) is 9.59 Å². The van der Waals surface area contributed by atoms with Crippen molar-refractivity contribution in [3.8, 4) is 23.0 Å². The van der Waals surface area contributed by atoms with Gasteiger partial charge in [-0.2, -0.15) is 0 Å². The molecule has 0 aromatic heterocycles. The van der Waals surface area contributed by atoms with Crippen molar-refractivity contribution in [3.05, 3.63) is 47.0 Å². The third-order valence-electron chi connectivity index (χ3n) is 5.76. The Kier molecular flexibility index (Phi) is 6.34. The van der Waals surface area contributed by atoms with Crippen molar-refractivity contribution >= 4 is 11.9 Å². The Labute approximate surface area is 177 Å². The highest BCUT2D eigenvalue weighted by Crippen LogP contribution is 2.54. The smallest absolute Gasteiger partial charge is 0.308 e. The fraction of sp³-hybridized carbons (Fsp3) is 0.417.